The molecule has 0 amide bonds. The zero-order chi connectivity index (χ0) is 10.7. The van der Waals surface area contributed by atoms with Gasteiger partial charge < -0.3 is 10.6 Å². The highest BCUT2D eigenvalue weighted by atomic mass is 15.2. The molecule has 1 aromatic carbocycles. The van der Waals surface area contributed by atoms with Crippen LogP contribution in [0.5, 0.6) is 0 Å². The first-order chi connectivity index (χ1) is 7.29. The number of hydrogen-bond acceptors (Lipinski definition) is 2. The minimum absolute atomic E-state index is 0.337. The first kappa shape index (κ1) is 10.5. The van der Waals surface area contributed by atoms with Crippen molar-refractivity contribution in [3.8, 4) is 0 Å². The number of para-hydroxylation sites is 1. The van der Waals surface area contributed by atoms with E-state index in [0.29, 0.717) is 12.1 Å². The SMILES string of the molecule is CN(c1ccccc1)C1CCCCC1N. The molecule has 2 N–H and O–H groups in total. The number of nitrogens with two attached hydrogens (primary N) is 1. The third-order valence-electron chi connectivity index (χ3n) is 3.44. The summed E-state index contributed by atoms with van der Waals surface area (Å²) in [5.74, 6) is 0. The number of benzene rings is 1. The molecule has 0 heterocycles. The molecule has 2 unspecified atom stereocenters. The predicted octanol–water partition coefficient (Wildman–Crippen LogP) is 2.39. The van der Waals surface area contributed by atoms with E-state index in [-0.39, 0.29) is 0 Å². The molecule has 1 aliphatic carbocycles. The molecule has 1 aliphatic rings. The zero-order valence-corrected chi connectivity index (χ0v) is 9.39. The fourth-order valence-corrected chi connectivity index (χ4v) is 2.48. The lowest BCUT2D eigenvalue weighted by atomic mass is 9.90. The lowest BCUT2D eigenvalue weighted by Gasteiger charge is -2.37. The molecule has 2 nitrogen and oxygen atoms in total. The van der Waals surface area contributed by atoms with Gasteiger partial charge in [-0.05, 0) is 25.0 Å². The third kappa shape index (κ3) is 2.32. The number of hydrogen-bond donors (Lipinski definition) is 1. The van der Waals surface area contributed by atoms with E-state index in [4.69, 9.17) is 5.73 Å². The standard InChI is InChI=1S/C13H20N2/c1-15(11-7-3-2-4-8-11)13-10-6-5-9-12(13)14/h2-4,7-8,12-13H,5-6,9-10,14H2,1H3. The summed E-state index contributed by atoms with van der Waals surface area (Å²) in [6.07, 6.45) is 5.00. The van der Waals surface area contributed by atoms with Gasteiger partial charge in [0.15, 0.2) is 0 Å². The summed E-state index contributed by atoms with van der Waals surface area (Å²) in [4.78, 5) is 2.34. The number of nitrogens with zero attached hydrogens (tertiary/aromatic N) is 1. The van der Waals surface area contributed by atoms with Crippen molar-refractivity contribution >= 4 is 5.69 Å². The summed E-state index contributed by atoms with van der Waals surface area (Å²) in [7, 11) is 2.16. The first-order valence-electron chi connectivity index (χ1n) is 5.82. The van der Waals surface area contributed by atoms with Gasteiger partial charge in [0.2, 0.25) is 0 Å². The monoisotopic (exact) mass is 204 g/mol. The average molecular weight is 204 g/mol. The second kappa shape index (κ2) is 4.67. The van der Waals surface area contributed by atoms with Crippen LogP contribution in [0.25, 0.3) is 0 Å². The Labute approximate surface area is 92.1 Å². The van der Waals surface area contributed by atoms with Gasteiger partial charge in [0.05, 0.1) is 0 Å². The molecule has 0 bridgehead atoms. The molecule has 15 heavy (non-hydrogen) atoms. The van der Waals surface area contributed by atoms with Crippen molar-refractivity contribution in [1.29, 1.82) is 0 Å². The Kier molecular flexibility index (Phi) is 3.27. The Hall–Kier alpha value is -1.02. The summed E-state index contributed by atoms with van der Waals surface area (Å²) < 4.78 is 0. The molecule has 0 aromatic heterocycles. The van der Waals surface area contributed by atoms with Crippen LogP contribution in [0.15, 0.2) is 30.3 Å². The molecule has 1 fully saturated rings. The molecule has 82 valence electrons. The van der Waals surface area contributed by atoms with Crippen molar-refractivity contribution in [2.45, 2.75) is 37.8 Å². The highest BCUT2D eigenvalue weighted by molar-refractivity contribution is 5.46. The van der Waals surface area contributed by atoms with Crippen LogP contribution in [0.3, 0.4) is 0 Å². The highest BCUT2D eigenvalue weighted by Gasteiger charge is 2.25. The van der Waals surface area contributed by atoms with E-state index in [2.05, 4.69) is 42.3 Å². The van der Waals surface area contributed by atoms with E-state index in [9.17, 15) is 0 Å². The minimum atomic E-state index is 0.337. The molecule has 1 saturated carbocycles. The maximum absolute atomic E-state index is 6.18. The van der Waals surface area contributed by atoms with Crippen LogP contribution < -0.4 is 10.6 Å². The quantitative estimate of drug-likeness (QED) is 0.801. The normalized spacial score (nSPS) is 26.3. The van der Waals surface area contributed by atoms with Crippen molar-refractivity contribution < 1.29 is 0 Å². The zero-order valence-electron chi connectivity index (χ0n) is 9.39. The van der Waals surface area contributed by atoms with Gasteiger partial charge in [-0.2, -0.15) is 0 Å². The molecular formula is C13H20N2. The van der Waals surface area contributed by atoms with E-state index < -0.39 is 0 Å². The Morgan fingerprint density at radius 3 is 2.47 bits per heavy atom. The largest absolute Gasteiger partial charge is 0.370 e. The molecule has 2 rings (SSSR count). The van der Waals surface area contributed by atoms with Crippen molar-refractivity contribution in [3.63, 3.8) is 0 Å². The Balaban J connectivity index is 2.09. The first-order valence-corrected chi connectivity index (χ1v) is 5.82. The second-order valence-corrected chi connectivity index (χ2v) is 4.46. The summed E-state index contributed by atoms with van der Waals surface area (Å²) in [6, 6.07) is 11.4. The van der Waals surface area contributed by atoms with Crippen LogP contribution in [0.1, 0.15) is 25.7 Å². The molecule has 2 atom stereocenters. The van der Waals surface area contributed by atoms with E-state index in [1.165, 1.54) is 31.4 Å². The molecule has 0 radical (unpaired) electrons. The molecule has 2 heteroatoms. The summed E-state index contributed by atoms with van der Waals surface area (Å²) in [5, 5.41) is 0. The van der Waals surface area contributed by atoms with Crippen LogP contribution >= 0.6 is 0 Å². The molecule has 0 spiro atoms. The molecule has 1 aromatic rings. The van der Waals surface area contributed by atoms with Gasteiger partial charge in [-0.25, -0.2) is 0 Å². The maximum atomic E-state index is 6.18. The van der Waals surface area contributed by atoms with Gasteiger partial charge in [0.1, 0.15) is 0 Å². The van der Waals surface area contributed by atoms with Crippen LogP contribution in [0, 0.1) is 0 Å². The fraction of sp³-hybridized carbons (Fsp3) is 0.538. The van der Waals surface area contributed by atoms with Crippen molar-refractivity contribution in [1.82, 2.24) is 0 Å². The van der Waals surface area contributed by atoms with Gasteiger partial charge in [0, 0.05) is 24.8 Å². The van der Waals surface area contributed by atoms with Crippen LogP contribution in [0.2, 0.25) is 0 Å². The second-order valence-electron chi connectivity index (χ2n) is 4.46. The van der Waals surface area contributed by atoms with Gasteiger partial charge >= 0.3 is 0 Å². The van der Waals surface area contributed by atoms with E-state index in [1.54, 1.807) is 0 Å². The van der Waals surface area contributed by atoms with Crippen molar-refractivity contribution in [2.75, 3.05) is 11.9 Å². The van der Waals surface area contributed by atoms with Gasteiger partial charge in [-0.15, -0.1) is 0 Å². The summed E-state index contributed by atoms with van der Waals surface area (Å²) >= 11 is 0. The summed E-state index contributed by atoms with van der Waals surface area (Å²) in [6.45, 7) is 0. The Bertz CT molecular complexity index is 297. The Morgan fingerprint density at radius 1 is 1.13 bits per heavy atom. The number of anilines is 1. The van der Waals surface area contributed by atoms with Crippen molar-refractivity contribution in [3.05, 3.63) is 30.3 Å². The van der Waals surface area contributed by atoms with E-state index in [0.717, 1.165) is 0 Å². The van der Waals surface area contributed by atoms with Crippen LogP contribution in [-0.2, 0) is 0 Å². The number of rotatable bonds is 2. The highest BCUT2D eigenvalue weighted by Crippen LogP contribution is 2.25. The number of likely N-dealkylation sites (N-methyl/N-ethyl adjacent to an activating group) is 1. The van der Waals surface area contributed by atoms with Gasteiger partial charge in [-0.3, -0.25) is 0 Å². The average Bonchev–Trinajstić information content (AvgIpc) is 2.30. The molecular weight excluding hydrogens is 184 g/mol. The van der Waals surface area contributed by atoms with Gasteiger partial charge in [0.25, 0.3) is 0 Å². The third-order valence-corrected chi connectivity index (χ3v) is 3.44. The fourth-order valence-electron chi connectivity index (χ4n) is 2.48. The Morgan fingerprint density at radius 2 is 1.80 bits per heavy atom. The van der Waals surface area contributed by atoms with Crippen LogP contribution in [-0.4, -0.2) is 19.1 Å². The van der Waals surface area contributed by atoms with E-state index >= 15 is 0 Å². The predicted molar refractivity (Wildman–Crippen MR) is 65.1 cm³/mol. The molecule has 0 saturated heterocycles. The lowest BCUT2D eigenvalue weighted by Crippen LogP contribution is -2.48. The smallest absolute Gasteiger partial charge is 0.0437 e. The minimum Gasteiger partial charge on any atom is -0.370 e. The van der Waals surface area contributed by atoms with Crippen LogP contribution in [0.4, 0.5) is 5.69 Å². The van der Waals surface area contributed by atoms with E-state index in [1.807, 2.05) is 0 Å². The summed E-state index contributed by atoms with van der Waals surface area (Å²) in [5.41, 5.74) is 7.45. The van der Waals surface area contributed by atoms with Gasteiger partial charge in [-0.1, -0.05) is 31.0 Å². The van der Waals surface area contributed by atoms with Crippen molar-refractivity contribution in [2.24, 2.45) is 5.73 Å². The topological polar surface area (TPSA) is 29.3 Å². The maximum Gasteiger partial charge on any atom is 0.0437 e. The molecule has 0 aliphatic heterocycles. The lowest BCUT2D eigenvalue weighted by molar-refractivity contribution is 0.373.